The molecule has 0 fully saturated rings. The molecule has 116 valence electrons. The minimum atomic E-state index is -1.13. The Balaban J connectivity index is 2.71. The monoisotopic (exact) mass is 320 g/mol. The maximum absolute atomic E-state index is 11.9. The third-order valence-corrected chi connectivity index (χ3v) is 3.25. The topological polar surface area (TPSA) is 115 Å². The molecule has 1 atom stereocenters. The Morgan fingerprint density at radius 2 is 2.32 bits per heavy atom. The van der Waals surface area contributed by atoms with Gasteiger partial charge < -0.3 is 15.7 Å². The van der Waals surface area contributed by atoms with E-state index in [0.29, 0.717) is 11.6 Å². The number of nitrogens with one attached hydrogen (secondary N) is 2. The molecular formula is C14H16N4O3S. The molecule has 1 amide bonds. The van der Waals surface area contributed by atoms with Crippen LogP contribution in [0.2, 0.25) is 0 Å². The fourth-order valence-corrected chi connectivity index (χ4v) is 1.94. The van der Waals surface area contributed by atoms with Crippen LogP contribution in [0.25, 0.3) is 0 Å². The van der Waals surface area contributed by atoms with E-state index >= 15 is 0 Å². The molecule has 8 heteroatoms. The number of anilines is 1. The molecule has 0 radical (unpaired) electrons. The second kappa shape index (κ2) is 9.41. The second-order valence-electron chi connectivity index (χ2n) is 4.17. The molecular weight excluding hydrogens is 304 g/mol. The highest BCUT2D eigenvalue weighted by atomic mass is 32.2. The number of aromatic nitrogens is 1. The van der Waals surface area contributed by atoms with Crippen LogP contribution in [0.4, 0.5) is 5.82 Å². The molecule has 0 aliphatic heterocycles. The zero-order valence-electron chi connectivity index (χ0n) is 11.9. The zero-order chi connectivity index (χ0) is 16.4. The van der Waals surface area contributed by atoms with Gasteiger partial charge in [-0.2, -0.15) is 17.0 Å². The summed E-state index contributed by atoms with van der Waals surface area (Å²) in [4.78, 5) is 27.0. The first-order valence-corrected chi connectivity index (χ1v) is 7.78. The highest BCUT2D eigenvalue weighted by Gasteiger charge is 2.21. The van der Waals surface area contributed by atoms with Crippen LogP contribution < -0.4 is 10.6 Å². The lowest BCUT2D eigenvalue weighted by Gasteiger charge is -2.13. The van der Waals surface area contributed by atoms with Crippen LogP contribution in [0.1, 0.15) is 6.42 Å². The third kappa shape index (κ3) is 5.85. The summed E-state index contributed by atoms with van der Waals surface area (Å²) in [6.45, 7) is 0. The van der Waals surface area contributed by atoms with Gasteiger partial charge in [-0.15, -0.1) is 0 Å². The average Bonchev–Trinajstić information content (AvgIpc) is 2.52. The summed E-state index contributed by atoms with van der Waals surface area (Å²) in [6, 6.07) is 5.86. The fourth-order valence-electron chi connectivity index (χ4n) is 1.47. The predicted molar refractivity (Wildman–Crippen MR) is 84.1 cm³/mol. The molecule has 1 aromatic heterocycles. The molecule has 1 rings (SSSR count). The zero-order valence-corrected chi connectivity index (χ0v) is 12.8. The molecule has 1 heterocycles. The number of nitrogens with zero attached hydrogens (tertiary/aromatic N) is 2. The minimum Gasteiger partial charge on any atom is -0.480 e. The SMILES string of the molecule is CSCCC(NC(=O)/C(C#N)=C\Nc1ccccn1)C(=O)O. The van der Waals surface area contributed by atoms with Gasteiger partial charge in [0.25, 0.3) is 5.91 Å². The average molecular weight is 320 g/mol. The van der Waals surface area contributed by atoms with Crippen molar-refractivity contribution in [2.45, 2.75) is 12.5 Å². The molecule has 0 aliphatic carbocycles. The number of aliphatic carboxylic acids is 1. The van der Waals surface area contributed by atoms with Gasteiger partial charge in [0.1, 0.15) is 23.5 Å². The molecule has 0 bridgehead atoms. The molecule has 3 N–H and O–H groups in total. The predicted octanol–water partition coefficient (Wildman–Crippen LogP) is 1.22. The summed E-state index contributed by atoms with van der Waals surface area (Å²) in [5, 5.41) is 23.1. The van der Waals surface area contributed by atoms with Crippen molar-refractivity contribution in [3.8, 4) is 6.07 Å². The summed E-state index contributed by atoms with van der Waals surface area (Å²) in [5.74, 6) is -0.799. The maximum atomic E-state index is 11.9. The lowest BCUT2D eigenvalue weighted by atomic mass is 10.2. The van der Waals surface area contributed by atoms with E-state index in [1.54, 1.807) is 30.5 Å². The number of nitriles is 1. The largest absolute Gasteiger partial charge is 0.480 e. The van der Waals surface area contributed by atoms with Gasteiger partial charge in [-0.3, -0.25) is 4.79 Å². The summed E-state index contributed by atoms with van der Waals surface area (Å²) >= 11 is 1.48. The molecule has 7 nitrogen and oxygen atoms in total. The quantitative estimate of drug-likeness (QED) is 0.487. The van der Waals surface area contributed by atoms with Gasteiger partial charge in [0, 0.05) is 12.4 Å². The van der Waals surface area contributed by atoms with Gasteiger partial charge in [-0.05, 0) is 30.6 Å². The standard InChI is InChI=1S/C14H16N4O3S/c1-22-7-5-11(14(20)21)18-13(19)10(8-15)9-17-12-4-2-3-6-16-12/h2-4,6,9,11H,5,7H2,1H3,(H,16,17)(H,18,19)(H,20,21)/b10-9-. The number of pyridine rings is 1. The first kappa shape index (κ1) is 17.5. The molecule has 0 aromatic carbocycles. The van der Waals surface area contributed by atoms with Crippen LogP contribution in [0.5, 0.6) is 0 Å². The number of hydrogen-bond acceptors (Lipinski definition) is 6. The molecule has 1 aromatic rings. The molecule has 0 saturated carbocycles. The van der Waals surface area contributed by atoms with Gasteiger partial charge in [0.2, 0.25) is 0 Å². The highest BCUT2D eigenvalue weighted by molar-refractivity contribution is 7.98. The summed E-state index contributed by atoms with van der Waals surface area (Å²) in [7, 11) is 0. The van der Waals surface area contributed by atoms with Gasteiger partial charge in [-0.25, -0.2) is 9.78 Å². The molecule has 0 saturated heterocycles. The number of thioether (sulfide) groups is 1. The van der Waals surface area contributed by atoms with Crippen LogP contribution in [-0.2, 0) is 9.59 Å². The van der Waals surface area contributed by atoms with Gasteiger partial charge >= 0.3 is 5.97 Å². The highest BCUT2D eigenvalue weighted by Crippen LogP contribution is 2.04. The van der Waals surface area contributed by atoms with Crippen LogP contribution in [0.3, 0.4) is 0 Å². The summed E-state index contributed by atoms with van der Waals surface area (Å²) in [5.41, 5.74) is -0.221. The van der Waals surface area contributed by atoms with Crippen molar-refractivity contribution < 1.29 is 14.7 Å². The molecule has 0 spiro atoms. The first-order chi connectivity index (χ1) is 10.6. The van der Waals surface area contributed by atoms with Gasteiger partial charge in [-0.1, -0.05) is 6.07 Å². The third-order valence-electron chi connectivity index (χ3n) is 2.61. The van der Waals surface area contributed by atoms with E-state index in [0.717, 1.165) is 0 Å². The number of hydrogen-bond donors (Lipinski definition) is 3. The number of carbonyl (C=O) groups excluding carboxylic acids is 1. The lowest BCUT2D eigenvalue weighted by molar-refractivity contribution is -0.141. The molecule has 0 aliphatic rings. The van der Waals surface area contributed by atoms with Gasteiger partial charge in [0.15, 0.2) is 0 Å². The first-order valence-electron chi connectivity index (χ1n) is 6.39. The van der Waals surface area contributed by atoms with Crippen LogP contribution in [0, 0.1) is 11.3 Å². The van der Waals surface area contributed by atoms with Crippen molar-refractivity contribution in [1.82, 2.24) is 10.3 Å². The maximum Gasteiger partial charge on any atom is 0.326 e. The van der Waals surface area contributed by atoms with E-state index in [9.17, 15) is 9.59 Å². The van der Waals surface area contributed by atoms with E-state index < -0.39 is 17.9 Å². The fraction of sp³-hybridized carbons (Fsp3) is 0.286. The Bertz CT molecular complexity index is 584. The Morgan fingerprint density at radius 3 is 2.86 bits per heavy atom. The Labute approximate surface area is 132 Å². The molecule has 1 unspecified atom stereocenters. The van der Waals surface area contributed by atoms with Crippen molar-refractivity contribution in [2.24, 2.45) is 0 Å². The lowest BCUT2D eigenvalue weighted by Crippen LogP contribution is -2.41. The van der Waals surface area contributed by atoms with E-state index in [4.69, 9.17) is 10.4 Å². The van der Waals surface area contributed by atoms with E-state index in [-0.39, 0.29) is 12.0 Å². The number of amides is 1. The van der Waals surface area contributed by atoms with Crippen LogP contribution in [0.15, 0.2) is 36.2 Å². The van der Waals surface area contributed by atoms with E-state index in [2.05, 4.69) is 15.6 Å². The number of carbonyl (C=O) groups is 2. The Morgan fingerprint density at radius 1 is 1.55 bits per heavy atom. The van der Waals surface area contributed by atoms with Crippen molar-refractivity contribution >= 4 is 29.5 Å². The van der Waals surface area contributed by atoms with Crippen LogP contribution >= 0.6 is 11.8 Å². The summed E-state index contributed by atoms with van der Waals surface area (Å²) < 4.78 is 0. The number of carboxylic acid groups (broad SMARTS) is 1. The smallest absolute Gasteiger partial charge is 0.326 e. The van der Waals surface area contributed by atoms with Crippen molar-refractivity contribution in [1.29, 1.82) is 5.26 Å². The Kier molecular flexibility index (Phi) is 7.50. The van der Waals surface area contributed by atoms with Crippen molar-refractivity contribution in [2.75, 3.05) is 17.3 Å². The van der Waals surface area contributed by atoms with Crippen molar-refractivity contribution in [3.63, 3.8) is 0 Å². The normalized spacial score (nSPS) is 12.1. The van der Waals surface area contributed by atoms with E-state index in [1.807, 2.05) is 6.26 Å². The second-order valence-corrected chi connectivity index (χ2v) is 5.16. The van der Waals surface area contributed by atoms with Crippen molar-refractivity contribution in [3.05, 3.63) is 36.2 Å². The Hall–Kier alpha value is -2.53. The number of rotatable bonds is 8. The minimum absolute atomic E-state index is 0.221. The molecule has 22 heavy (non-hydrogen) atoms. The van der Waals surface area contributed by atoms with E-state index in [1.165, 1.54) is 18.0 Å². The summed E-state index contributed by atoms with van der Waals surface area (Å²) in [6.07, 6.45) is 4.89. The van der Waals surface area contributed by atoms with Crippen LogP contribution in [-0.4, -0.2) is 40.0 Å². The van der Waals surface area contributed by atoms with Gasteiger partial charge in [0.05, 0.1) is 0 Å². The number of carboxylic acids is 1.